The number of carbonyl (C=O) groups is 2. The van der Waals surface area contributed by atoms with Crippen LogP contribution in [0, 0.1) is 0 Å². The van der Waals surface area contributed by atoms with Crippen molar-refractivity contribution in [1.82, 2.24) is 10.6 Å². The second kappa shape index (κ2) is 9.07. The van der Waals surface area contributed by atoms with Crippen molar-refractivity contribution in [2.24, 2.45) is 0 Å². The lowest BCUT2D eigenvalue weighted by atomic mass is 10.1. The first-order valence-electron chi connectivity index (χ1n) is 7.90. The Morgan fingerprint density at radius 1 is 1.05 bits per heavy atom. The molecule has 2 unspecified atom stereocenters. The molecule has 122 valence electrons. The molecule has 0 spiro atoms. The zero-order chi connectivity index (χ0) is 16.5. The highest BCUT2D eigenvalue weighted by molar-refractivity contribution is 5.95. The van der Waals surface area contributed by atoms with Crippen LogP contribution in [0.1, 0.15) is 50.9 Å². The summed E-state index contributed by atoms with van der Waals surface area (Å²) in [6, 6.07) is 7.49. The van der Waals surface area contributed by atoms with Crippen LogP contribution in [0.25, 0.3) is 0 Å². The molecule has 0 fully saturated rings. The molecule has 5 heteroatoms. The van der Waals surface area contributed by atoms with Crippen molar-refractivity contribution in [2.45, 2.75) is 52.6 Å². The van der Waals surface area contributed by atoms with E-state index in [1.165, 1.54) is 0 Å². The molecule has 1 aromatic rings. The van der Waals surface area contributed by atoms with Gasteiger partial charge in [-0.05, 0) is 44.9 Å². The van der Waals surface area contributed by atoms with E-state index in [0.717, 1.165) is 18.5 Å². The number of hydrogen-bond acceptors (Lipinski definition) is 3. The quantitative estimate of drug-likeness (QED) is 0.691. The first-order valence-corrected chi connectivity index (χ1v) is 7.90. The van der Waals surface area contributed by atoms with Gasteiger partial charge >= 0.3 is 0 Å². The highest BCUT2D eigenvalue weighted by Gasteiger charge is 2.09. The van der Waals surface area contributed by atoms with Crippen LogP contribution in [0.3, 0.4) is 0 Å². The van der Waals surface area contributed by atoms with E-state index in [-0.39, 0.29) is 30.4 Å². The topological polar surface area (TPSA) is 70.2 Å². The van der Waals surface area contributed by atoms with Crippen LogP contribution in [-0.4, -0.2) is 30.4 Å². The van der Waals surface area contributed by atoms with E-state index in [1.807, 2.05) is 33.8 Å². The van der Waals surface area contributed by atoms with Crippen LogP contribution in [0.2, 0.25) is 0 Å². The van der Waals surface area contributed by atoms with Crippen LogP contribution in [-0.2, 0) is 4.79 Å². The van der Waals surface area contributed by atoms with Crippen molar-refractivity contribution in [3.63, 3.8) is 0 Å². The maximum absolute atomic E-state index is 12.1. The first-order chi connectivity index (χ1) is 10.5. The van der Waals surface area contributed by atoms with Gasteiger partial charge in [0.15, 0.2) is 0 Å². The third kappa shape index (κ3) is 6.16. The molecule has 0 aromatic heterocycles. The van der Waals surface area contributed by atoms with Crippen LogP contribution in [0.15, 0.2) is 24.3 Å². The maximum atomic E-state index is 12.1. The molecule has 0 bridgehead atoms. The zero-order valence-corrected chi connectivity index (χ0v) is 13.9. The van der Waals surface area contributed by atoms with E-state index in [1.54, 1.807) is 18.2 Å². The summed E-state index contributed by atoms with van der Waals surface area (Å²) in [4.78, 5) is 23.8. The van der Waals surface area contributed by atoms with Crippen molar-refractivity contribution in [3.8, 4) is 0 Å². The molecule has 2 amide bonds. The summed E-state index contributed by atoms with van der Waals surface area (Å²) in [6.07, 6.45) is 1.79. The van der Waals surface area contributed by atoms with Gasteiger partial charge < -0.3 is 16.0 Å². The Bertz CT molecular complexity index is 502. The number of rotatable bonds is 8. The third-order valence-corrected chi connectivity index (χ3v) is 3.59. The van der Waals surface area contributed by atoms with E-state index < -0.39 is 0 Å². The van der Waals surface area contributed by atoms with E-state index in [0.29, 0.717) is 5.56 Å². The molecule has 0 heterocycles. The number of anilines is 1. The highest BCUT2D eigenvalue weighted by Crippen LogP contribution is 2.10. The van der Waals surface area contributed by atoms with Gasteiger partial charge in [0.1, 0.15) is 0 Å². The molecule has 5 nitrogen and oxygen atoms in total. The summed E-state index contributed by atoms with van der Waals surface area (Å²) in [6.45, 7) is 8.19. The summed E-state index contributed by atoms with van der Waals surface area (Å²) < 4.78 is 0. The fourth-order valence-corrected chi connectivity index (χ4v) is 1.79. The predicted molar refractivity (Wildman–Crippen MR) is 90.0 cm³/mol. The molecular weight excluding hydrogens is 278 g/mol. The zero-order valence-electron chi connectivity index (χ0n) is 13.9. The second-order valence-corrected chi connectivity index (χ2v) is 5.59. The number of benzene rings is 1. The first kappa shape index (κ1) is 18.0. The van der Waals surface area contributed by atoms with Gasteiger partial charge in [0.25, 0.3) is 5.91 Å². The monoisotopic (exact) mass is 305 g/mol. The average molecular weight is 305 g/mol. The standard InChI is InChI=1S/C17H27N3O2/c1-5-12(3)19-16(21)11-18-15-9-7-8-14(10-15)17(22)20-13(4)6-2/h7-10,12-13,18H,5-6,11H2,1-4H3,(H,19,21)(H,20,22). The summed E-state index contributed by atoms with van der Waals surface area (Å²) in [5.41, 5.74) is 1.35. The minimum absolute atomic E-state index is 0.0520. The Labute approximate surface area is 132 Å². The van der Waals surface area contributed by atoms with Crippen molar-refractivity contribution in [3.05, 3.63) is 29.8 Å². The third-order valence-electron chi connectivity index (χ3n) is 3.59. The molecular formula is C17H27N3O2. The molecule has 0 aliphatic heterocycles. The van der Waals surface area contributed by atoms with Gasteiger partial charge in [0, 0.05) is 23.3 Å². The van der Waals surface area contributed by atoms with Gasteiger partial charge in [0.05, 0.1) is 6.54 Å². The van der Waals surface area contributed by atoms with Crippen LogP contribution in [0.5, 0.6) is 0 Å². The SMILES string of the molecule is CCC(C)NC(=O)CNc1cccc(C(=O)NC(C)CC)c1. The van der Waals surface area contributed by atoms with E-state index in [9.17, 15) is 9.59 Å². The molecule has 0 saturated carbocycles. The molecule has 2 atom stereocenters. The summed E-state index contributed by atoms with van der Waals surface area (Å²) >= 11 is 0. The fourth-order valence-electron chi connectivity index (χ4n) is 1.79. The molecule has 22 heavy (non-hydrogen) atoms. The minimum Gasteiger partial charge on any atom is -0.376 e. The molecule has 0 radical (unpaired) electrons. The Morgan fingerprint density at radius 2 is 1.68 bits per heavy atom. The van der Waals surface area contributed by atoms with Crippen molar-refractivity contribution >= 4 is 17.5 Å². The van der Waals surface area contributed by atoms with E-state index in [4.69, 9.17) is 0 Å². The number of amides is 2. The molecule has 0 aliphatic rings. The van der Waals surface area contributed by atoms with Gasteiger partial charge in [-0.1, -0.05) is 19.9 Å². The minimum atomic E-state index is -0.0953. The molecule has 1 rings (SSSR count). The summed E-state index contributed by atoms with van der Waals surface area (Å²) in [5, 5.41) is 8.86. The Hall–Kier alpha value is -2.04. The number of nitrogens with one attached hydrogen (secondary N) is 3. The maximum Gasteiger partial charge on any atom is 0.251 e. The van der Waals surface area contributed by atoms with Crippen molar-refractivity contribution in [2.75, 3.05) is 11.9 Å². The lowest BCUT2D eigenvalue weighted by Crippen LogP contribution is -2.36. The Kier molecular flexibility index (Phi) is 7.43. The van der Waals surface area contributed by atoms with Gasteiger partial charge in [0.2, 0.25) is 5.91 Å². The molecule has 3 N–H and O–H groups in total. The van der Waals surface area contributed by atoms with Gasteiger partial charge in [-0.3, -0.25) is 9.59 Å². The van der Waals surface area contributed by atoms with Crippen molar-refractivity contribution < 1.29 is 9.59 Å². The molecule has 0 saturated heterocycles. The van der Waals surface area contributed by atoms with E-state index in [2.05, 4.69) is 16.0 Å². The van der Waals surface area contributed by atoms with Crippen LogP contribution >= 0.6 is 0 Å². The normalized spacial score (nSPS) is 13.1. The van der Waals surface area contributed by atoms with Crippen LogP contribution in [0.4, 0.5) is 5.69 Å². The van der Waals surface area contributed by atoms with E-state index >= 15 is 0 Å². The Balaban J connectivity index is 2.57. The summed E-state index contributed by atoms with van der Waals surface area (Å²) in [5.74, 6) is -0.147. The van der Waals surface area contributed by atoms with Gasteiger partial charge in [-0.25, -0.2) is 0 Å². The predicted octanol–water partition coefficient (Wildman–Crippen LogP) is 2.54. The summed E-state index contributed by atoms with van der Waals surface area (Å²) in [7, 11) is 0. The lowest BCUT2D eigenvalue weighted by molar-refractivity contribution is -0.120. The number of hydrogen-bond donors (Lipinski definition) is 3. The van der Waals surface area contributed by atoms with Gasteiger partial charge in [-0.15, -0.1) is 0 Å². The Morgan fingerprint density at radius 3 is 2.32 bits per heavy atom. The largest absolute Gasteiger partial charge is 0.376 e. The molecule has 0 aliphatic carbocycles. The molecule has 1 aromatic carbocycles. The lowest BCUT2D eigenvalue weighted by Gasteiger charge is -2.14. The average Bonchev–Trinajstić information content (AvgIpc) is 2.52. The second-order valence-electron chi connectivity index (χ2n) is 5.59. The fraction of sp³-hybridized carbons (Fsp3) is 0.529. The van der Waals surface area contributed by atoms with Gasteiger partial charge in [-0.2, -0.15) is 0 Å². The van der Waals surface area contributed by atoms with Crippen molar-refractivity contribution in [1.29, 1.82) is 0 Å². The van der Waals surface area contributed by atoms with Crippen LogP contribution < -0.4 is 16.0 Å². The highest BCUT2D eigenvalue weighted by atomic mass is 16.2. The smallest absolute Gasteiger partial charge is 0.251 e. The number of carbonyl (C=O) groups excluding carboxylic acids is 2.